The molecule has 0 unspecified atom stereocenters. The highest BCUT2D eigenvalue weighted by atomic mass is 16.2. The Hall–Kier alpha value is -1.43. The van der Waals surface area contributed by atoms with Crippen molar-refractivity contribution in [2.24, 2.45) is 17.8 Å². The van der Waals surface area contributed by atoms with Crippen molar-refractivity contribution in [1.82, 2.24) is 19.7 Å². The van der Waals surface area contributed by atoms with Crippen LogP contribution in [0.3, 0.4) is 0 Å². The molecular weight excluding hydrogens is 290 g/mol. The van der Waals surface area contributed by atoms with Gasteiger partial charge in [0.05, 0.1) is 6.54 Å². The lowest BCUT2D eigenvalue weighted by molar-refractivity contribution is -0.121. The normalized spacial score (nSPS) is 25.3. The highest BCUT2D eigenvalue weighted by molar-refractivity contribution is 5.90. The fourth-order valence-electron chi connectivity index (χ4n) is 3.74. The van der Waals surface area contributed by atoms with Crippen molar-refractivity contribution in [3.8, 4) is 0 Å². The Morgan fingerprint density at radius 1 is 1.22 bits per heavy atom. The molecule has 0 aromatic carbocycles. The van der Waals surface area contributed by atoms with Crippen molar-refractivity contribution in [3.63, 3.8) is 0 Å². The molecule has 2 aliphatic rings. The number of nitrogens with zero attached hydrogens (tertiary/aromatic N) is 4. The quantitative estimate of drug-likeness (QED) is 0.874. The predicted octanol–water partition coefficient (Wildman–Crippen LogP) is 2.38. The molecule has 6 nitrogen and oxygen atoms in total. The van der Waals surface area contributed by atoms with E-state index in [-0.39, 0.29) is 11.8 Å². The van der Waals surface area contributed by atoms with E-state index in [0.29, 0.717) is 5.95 Å². The lowest BCUT2D eigenvalue weighted by Crippen LogP contribution is -2.31. The molecule has 128 valence electrons. The molecule has 2 fully saturated rings. The van der Waals surface area contributed by atoms with E-state index in [0.717, 1.165) is 37.8 Å². The van der Waals surface area contributed by atoms with Crippen LogP contribution in [0.2, 0.25) is 0 Å². The van der Waals surface area contributed by atoms with Crippen LogP contribution in [0.4, 0.5) is 5.95 Å². The minimum absolute atomic E-state index is 0.0995. The van der Waals surface area contributed by atoms with E-state index < -0.39 is 0 Å². The number of amides is 1. The zero-order valence-corrected chi connectivity index (χ0v) is 14.4. The molecule has 1 heterocycles. The van der Waals surface area contributed by atoms with E-state index in [1.807, 2.05) is 14.1 Å². The first-order valence-corrected chi connectivity index (χ1v) is 8.97. The SMILES string of the molecule is CN(C)CCn1cnc(NC(=O)C2CCC(C3CCC3)CC2)n1. The summed E-state index contributed by atoms with van der Waals surface area (Å²) in [4.78, 5) is 18.7. The van der Waals surface area contributed by atoms with Crippen LogP contribution in [0.25, 0.3) is 0 Å². The molecule has 0 atom stereocenters. The van der Waals surface area contributed by atoms with Crippen LogP contribution >= 0.6 is 0 Å². The topological polar surface area (TPSA) is 63.1 Å². The summed E-state index contributed by atoms with van der Waals surface area (Å²) in [5.74, 6) is 2.50. The Balaban J connectivity index is 1.44. The number of rotatable bonds is 6. The number of hydrogen-bond donors (Lipinski definition) is 1. The zero-order valence-electron chi connectivity index (χ0n) is 14.4. The Labute approximate surface area is 138 Å². The summed E-state index contributed by atoms with van der Waals surface area (Å²) in [7, 11) is 4.05. The molecule has 23 heavy (non-hydrogen) atoms. The monoisotopic (exact) mass is 319 g/mol. The third-order valence-electron chi connectivity index (χ3n) is 5.51. The summed E-state index contributed by atoms with van der Waals surface area (Å²) in [6, 6.07) is 0. The summed E-state index contributed by atoms with van der Waals surface area (Å²) < 4.78 is 1.78. The van der Waals surface area contributed by atoms with Crippen LogP contribution in [-0.2, 0) is 11.3 Å². The molecule has 1 N–H and O–H groups in total. The third kappa shape index (κ3) is 4.31. The van der Waals surface area contributed by atoms with Crippen LogP contribution in [0, 0.1) is 17.8 Å². The molecule has 2 aliphatic carbocycles. The average molecular weight is 319 g/mol. The fraction of sp³-hybridized carbons (Fsp3) is 0.824. The summed E-state index contributed by atoms with van der Waals surface area (Å²) in [5.41, 5.74) is 0. The lowest BCUT2D eigenvalue weighted by atomic mass is 9.68. The molecule has 0 bridgehead atoms. The number of carbonyl (C=O) groups excluding carboxylic acids is 1. The molecule has 3 rings (SSSR count). The van der Waals surface area contributed by atoms with Gasteiger partial charge >= 0.3 is 0 Å². The van der Waals surface area contributed by atoms with Gasteiger partial charge in [0.1, 0.15) is 6.33 Å². The van der Waals surface area contributed by atoms with Crippen molar-refractivity contribution >= 4 is 11.9 Å². The first kappa shape index (κ1) is 16.4. The Bertz CT molecular complexity index is 515. The van der Waals surface area contributed by atoms with E-state index in [9.17, 15) is 4.79 Å². The van der Waals surface area contributed by atoms with Gasteiger partial charge in [-0.1, -0.05) is 19.3 Å². The molecule has 0 aliphatic heterocycles. The number of likely N-dealkylation sites (N-methyl/N-ethyl adjacent to an activating group) is 1. The molecule has 0 spiro atoms. The first-order valence-electron chi connectivity index (χ1n) is 8.97. The van der Waals surface area contributed by atoms with Crippen molar-refractivity contribution in [2.45, 2.75) is 51.5 Å². The molecule has 2 saturated carbocycles. The number of nitrogens with one attached hydrogen (secondary N) is 1. The molecule has 1 amide bonds. The van der Waals surface area contributed by atoms with Crippen LogP contribution in [0.1, 0.15) is 44.9 Å². The maximum absolute atomic E-state index is 12.4. The average Bonchev–Trinajstić information content (AvgIpc) is 2.91. The van der Waals surface area contributed by atoms with Crippen molar-refractivity contribution in [3.05, 3.63) is 6.33 Å². The van der Waals surface area contributed by atoms with Gasteiger partial charge in [-0.3, -0.25) is 10.1 Å². The van der Waals surface area contributed by atoms with Gasteiger partial charge in [0.2, 0.25) is 11.9 Å². The van der Waals surface area contributed by atoms with E-state index in [4.69, 9.17) is 0 Å². The molecule has 0 saturated heterocycles. The predicted molar refractivity (Wildman–Crippen MR) is 90.0 cm³/mol. The minimum atomic E-state index is 0.0995. The van der Waals surface area contributed by atoms with Crippen molar-refractivity contribution in [1.29, 1.82) is 0 Å². The second-order valence-electron chi connectivity index (χ2n) is 7.43. The van der Waals surface area contributed by atoms with Gasteiger partial charge in [-0.05, 0) is 51.6 Å². The van der Waals surface area contributed by atoms with Crippen LogP contribution in [0.5, 0.6) is 0 Å². The van der Waals surface area contributed by atoms with E-state index in [2.05, 4.69) is 20.3 Å². The van der Waals surface area contributed by atoms with Crippen molar-refractivity contribution in [2.75, 3.05) is 26.0 Å². The van der Waals surface area contributed by atoms with Gasteiger partial charge in [0.15, 0.2) is 0 Å². The van der Waals surface area contributed by atoms with E-state index >= 15 is 0 Å². The molecule has 0 radical (unpaired) electrons. The third-order valence-corrected chi connectivity index (χ3v) is 5.51. The van der Waals surface area contributed by atoms with Crippen molar-refractivity contribution < 1.29 is 4.79 Å². The standard InChI is InChI=1S/C17H29N5O/c1-21(2)10-11-22-12-18-17(20-22)19-16(23)15-8-6-14(7-9-15)13-4-3-5-13/h12-15H,3-11H2,1-2H3,(H,19,20,23). The maximum Gasteiger partial charge on any atom is 0.248 e. The van der Waals surface area contributed by atoms with Gasteiger partial charge in [-0.15, -0.1) is 5.10 Å². The first-order chi connectivity index (χ1) is 11.1. The second kappa shape index (κ2) is 7.43. The number of aromatic nitrogens is 3. The van der Waals surface area contributed by atoms with E-state index in [1.165, 1.54) is 32.1 Å². The Morgan fingerprint density at radius 2 is 1.91 bits per heavy atom. The summed E-state index contributed by atoms with van der Waals surface area (Å²) in [5, 5.41) is 7.23. The van der Waals surface area contributed by atoms with Crippen LogP contribution in [-0.4, -0.2) is 46.2 Å². The van der Waals surface area contributed by atoms with Gasteiger partial charge in [0, 0.05) is 12.5 Å². The Kier molecular flexibility index (Phi) is 5.30. The highest BCUT2D eigenvalue weighted by Gasteiger charge is 2.33. The number of hydrogen-bond acceptors (Lipinski definition) is 4. The smallest absolute Gasteiger partial charge is 0.248 e. The molecule has 1 aromatic heterocycles. The summed E-state index contributed by atoms with van der Waals surface area (Å²) in [6.07, 6.45) is 10.4. The lowest BCUT2D eigenvalue weighted by Gasteiger charge is -2.38. The van der Waals surface area contributed by atoms with Gasteiger partial charge < -0.3 is 4.90 Å². The maximum atomic E-state index is 12.4. The molecule has 1 aromatic rings. The molecular formula is C17H29N5O. The summed E-state index contributed by atoms with van der Waals surface area (Å²) in [6.45, 7) is 1.68. The highest BCUT2D eigenvalue weighted by Crippen LogP contribution is 2.42. The van der Waals surface area contributed by atoms with Crippen LogP contribution in [0.15, 0.2) is 6.33 Å². The second-order valence-corrected chi connectivity index (χ2v) is 7.43. The minimum Gasteiger partial charge on any atom is -0.308 e. The fourth-order valence-corrected chi connectivity index (χ4v) is 3.74. The summed E-state index contributed by atoms with van der Waals surface area (Å²) >= 11 is 0. The zero-order chi connectivity index (χ0) is 16.2. The van der Waals surface area contributed by atoms with Gasteiger partial charge in [0.25, 0.3) is 0 Å². The van der Waals surface area contributed by atoms with Gasteiger partial charge in [-0.2, -0.15) is 0 Å². The largest absolute Gasteiger partial charge is 0.308 e. The molecule has 6 heteroatoms. The van der Waals surface area contributed by atoms with Crippen LogP contribution < -0.4 is 5.32 Å². The Morgan fingerprint density at radius 3 is 2.52 bits per heavy atom. The van der Waals surface area contributed by atoms with Gasteiger partial charge in [-0.25, -0.2) is 9.67 Å². The number of carbonyl (C=O) groups is 1. The van der Waals surface area contributed by atoms with E-state index in [1.54, 1.807) is 11.0 Å². The number of anilines is 1.